The smallest absolute Gasteiger partial charge is 0.246 e. The molecule has 0 spiro atoms. The third-order valence-corrected chi connectivity index (χ3v) is 3.90. The van der Waals surface area contributed by atoms with E-state index in [0.717, 1.165) is 11.1 Å². The van der Waals surface area contributed by atoms with Crippen molar-refractivity contribution in [3.05, 3.63) is 59.7 Å². The Morgan fingerprint density at radius 3 is 2.58 bits per heavy atom. The van der Waals surface area contributed by atoms with Gasteiger partial charge in [0, 0.05) is 12.4 Å². The zero-order valence-electron chi connectivity index (χ0n) is 14.9. The van der Waals surface area contributed by atoms with Crippen molar-refractivity contribution < 1.29 is 9.32 Å². The summed E-state index contributed by atoms with van der Waals surface area (Å²) in [5.74, 6) is 0.820. The zero-order chi connectivity index (χ0) is 18.5. The Morgan fingerprint density at radius 2 is 1.88 bits per heavy atom. The van der Waals surface area contributed by atoms with E-state index in [4.69, 9.17) is 4.52 Å². The summed E-state index contributed by atoms with van der Waals surface area (Å²) in [7, 11) is 3.74. The highest BCUT2D eigenvalue weighted by Crippen LogP contribution is 2.22. The third kappa shape index (κ3) is 3.92. The molecule has 0 aliphatic rings. The standard InChI is InChI=1S/C18H20N6O2/c1-12-7-4-5-8-13(12)15(24(2)3)18(25)21-11-14-22-17(23-26-14)16-19-9-6-10-20-16/h4-10,15H,11H2,1-3H3,(H,21,25)/t15-/m0/s1. The van der Waals surface area contributed by atoms with Crippen molar-refractivity contribution in [1.82, 2.24) is 30.3 Å². The minimum Gasteiger partial charge on any atom is -0.345 e. The molecule has 1 atom stereocenters. The Labute approximate surface area is 151 Å². The number of benzene rings is 1. The van der Waals surface area contributed by atoms with E-state index in [2.05, 4.69) is 25.4 Å². The van der Waals surface area contributed by atoms with Gasteiger partial charge >= 0.3 is 0 Å². The van der Waals surface area contributed by atoms with Gasteiger partial charge in [0.05, 0.1) is 6.54 Å². The molecule has 0 saturated carbocycles. The first-order valence-corrected chi connectivity index (χ1v) is 8.16. The van der Waals surface area contributed by atoms with Crippen LogP contribution in [0.4, 0.5) is 0 Å². The lowest BCUT2D eigenvalue weighted by atomic mass is 10.00. The quantitative estimate of drug-likeness (QED) is 0.722. The molecule has 1 aromatic carbocycles. The van der Waals surface area contributed by atoms with Crippen LogP contribution in [0.25, 0.3) is 11.6 Å². The predicted molar refractivity (Wildman–Crippen MR) is 94.8 cm³/mol. The van der Waals surface area contributed by atoms with Crippen molar-refractivity contribution in [2.45, 2.75) is 19.5 Å². The molecule has 26 heavy (non-hydrogen) atoms. The van der Waals surface area contributed by atoms with Crippen molar-refractivity contribution in [1.29, 1.82) is 0 Å². The molecular weight excluding hydrogens is 332 g/mol. The molecule has 0 aliphatic carbocycles. The van der Waals surface area contributed by atoms with E-state index >= 15 is 0 Å². The molecule has 0 radical (unpaired) electrons. The lowest BCUT2D eigenvalue weighted by molar-refractivity contribution is -0.126. The zero-order valence-corrected chi connectivity index (χ0v) is 14.9. The number of hydrogen-bond acceptors (Lipinski definition) is 7. The number of rotatable bonds is 6. The lowest BCUT2D eigenvalue weighted by Gasteiger charge is -2.25. The average molecular weight is 352 g/mol. The van der Waals surface area contributed by atoms with Gasteiger partial charge in [0.15, 0.2) is 0 Å². The van der Waals surface area contributed by atoms with E-state index < -0.39 is 6.04 Å². The van der Waals surface area contributed by atoms with Crippen molar-refractivity contribution in [3.63, 3.8) is 0 Å². The SMILES string of the molecule is Cc1ccccc1[C@@H](C(=O)NCc1nc(-c2ncccn2)no1)N(C)C. The van der Waals surface area contributed by atoms with Crippen LogP contribution in [0.5, 0.6) is 0 Å². The number of nitrogens with one attached hydrogen (secondary N) is 1. The first-order chi connectivity index (χ1) is 12.6. The molecule has 8 heteroatoms. The molecule has 1 N–H and O–H groups in total. The molecule has 8 nitrogen and oxygen atoms in total. The summed E-state index contributed by atoms with van der Waals surface area (Å²) in [6.07, 6.45) is 3.20. The van der Waals surface area contributed by atoms with Crippen molar-refractivity contribution in [2.24, 2.45) is 0 Å². The second-order valence-corrected chi connectivity index (χ2v) is 6.02. The number of carbonyl (C=O) groups excluding carboxylic acids is 1. The Hall–Kier alpha value is -3.13. The van der Waals surface area contributed by atoms with Gasteiger partial charge < -0.3 is 9.84 Å². The van der Waals surface area contributed by atoms with Crippen LogP contribution in [0.15, 0.2) is 47.2 Å². The van der Waals surface area contributed by atoms with Gasteiger partial charge in [-0.1, -0.05) is 29.4 Å². The third-order valence-electron chi connectivity index (χ3n) is 3.90. The Morgan fingerprint density at radius 1 is 1.15 bits per heavy atom. The summed E-state index contributed by atoms with van der Waals surface area (Å²) in [6, 6.07) is 9.12. The van der Waals surface area contributed by atoms with Gasteiger partial charge in [0.2, 0.25) is 23.4 Å². The molecule has 2 heterocycles. The highest BCUT2D eigenvalue weighted by molar-refractivity contribution is 5.83. The molecule has 0 bridgehead atoms. The van der Waals surface area contributed by atoms with Gasteiger partial charge in [-0.2, -0.15) is 4.98 Å². The molecule has 0 fully saturated rings. The van der Waals surface area contributed by atoms with Crippen LogP contribution >= 0.6 is 0 Å². The van der Waals surface area contributed by atoms with Crippen LogP contribution < -0.4 is 5.32 Å². The maximum atomic E-state index is 12.7. The molecule has 3 aromatic rings. The number of aromatic nitrogens is 4. The van der Waals surface area contributed by atoms with Crippen LogP contribution in [0.3, 0.4) is 0 Å². The molecule has 0 unspecified atom stereocenters. The van der Waals surface area contributed by atoms with E-state index in [1.165, 1.54) is 0 Å². The number of aryl methyl sites for hydroxylation is 1. The van der Waals surface area contributed by atoms with Gasteiger partial charge in [-0.25, -0.2) is 9.97 Å². The Balaban J connectivity index is 1.70. The molecule has 3 rings (SSSR count). The van der Waals surface area contributed by atoms with Crippen LogP contribution in [0.1, 0.15) is 23.1 Å². The molecule has 1 amide bonds. The second kappa shape index (κ2) is 7.83. The number of hydrogen-bond donors (Lipinski definition) is 1. The summed E-state index contributed by atoms with van der Waals surface area (Å²) in [4.78, 5) is 26.9. The number of amides is 1. The van der Waals surface area contributed by atoms with Crippen LogP contribution in [-0.4, -0.2) is 45.0 Å². The number of carbonyl (C=O) groups is 1. The number of likely N-dealkylation sites (N-methyl/N-ethyl adjacent to an activating group) is 1. The summed E-state index contributed by atoms with van der Waals surface area (Å²) in [5.41, 5.74) is 2.02. The normalized spacial score (nSPS) is 12.2. The van der Waals surface area contributed by atoms with Crippen LogP contribution in [0, 0.1) is 6.92 Å². The Bertz CT molecular complexity index is 878. The minimum atomic E-state index is -0.406. The van der Waals surface area contributed by atoms with Gasteiger partial charge in [0.25, 0.3) is 0 Å². The highest BCUT2D eigenvalue weighted by atomic mass is 16.5. The van der Waals surface area contributed by atoms with Crippen LogP contribution in [0.2, 0.25) is 0 Å². The van der Waals surface area contributed by atoms with Crippen molar-refractivity contribution in [2.75, 3.05) is 14.1 Å². The second-order valence-electron chi connectivity index (χ2n) is 6.02. The summed E-state index contributed by atoms with van der Waals surface area (Å²) < 4.78 is 5.17. The van der Waals surface area contributed by atoms with E-state index in [-0.39, 0.29) is 18.3 Å². The van der Waals surface area contributed by atoms with E-state index in [9.17, 15) is 4.79 Å². The van der Waals surface area contributed by atoms with Gasteiger partial charge in [-0.05, 0) is 38.2 Å². The maximum absolute atomic E-state index is 12.7. The monoisotopic (exact) mass is 352 g/mol. The summed E-state index contributed by atoms with van der Waals surface area (Å²) >= 11 is 0. The average Bonchev–Trinajstić information content (AvgIpc) is 3.11. The fourth-order valence-corrected chi connectivity index (χ4v) is 2.64. The van der Waals surface area contributed by atoms with Crippen molar-refractivity contribution in [3.8, 4) is 11.6 Å². The number of nitrogens with zero attached hydrogens (tertiary/aromatic N) is 5. The van der Waals surface area contributed by atoms with E-state index in [1.807, 2.05) is 50.2 Å². The first kappa shape index (κ1) is 17.7. The van der Waals surface area contributed by atoms with E-state index in [1.54, 1.807) is 18.5 Å². The topological polar surface area (TPSA) is 97.0 Å². The first-order valence-electron chi connectivity index (χ1n) is 8.16. The largest absolute Gasteiger partial charge is 0.345 e. The fraction of sp³-hybridized carbons (Fsp3) is 0.278. The minimum absolute atomic E-state index is 0.134. The highest BCUT2D eigenvalue weighted by Gasteiger charge is 2.24. The lowest BCUT2D eigenvalue weighted by Crippen LogP contribution is -2.37. The summed E-state index contributed by atoms with van der Waals surface area (Å²) in [6.45, 7) is 2.12. The van der Waals surface area contributed by atoms with Gasteiger partial charge in [0.1, 0.15) is 6.04 Å². The molecular formula is C18H20N6O2. The summed E-state index contributed by atoms with van der Waals surface area (Å²) in [5, 5.41) is 6.70. The Kier molecular flexibility index (Phi) is 5.33. The molecule has 2 aromatic heterocycles. The fourth-order valence-electron chi connectivity index (χ4n) is 2.64. The molecule has 134 valence electrons. The van der Waals surface area contributed by atoms with Gasteiger partial charge in [-0.3, -0.25) is 9.69 Å². The van der Waals surface area contributed by atoms with Gasteiger partial charge in [-0.15, -0.1) is 0 Å². The van der Waals surface area contributed by atoms with Crippen molar-refractivity contribution >= 4 is 5.91 Å². The maximum Gasteiger partial charge on any atom is 0.246 e. The predicted octanol–water partition coefficient (Wildman–Crippen LogP) is 1.75. The molecule has 0 aliphatic heterocycles. The van der Waals surface area contributed by atoms with E-state index in [0.29, 0.717) is 11.7 Å². The molecule has 0 saturated heterocycles. The van der Waals surface area contributed by atoms with Crippen LogP contribution in [-0.2, 0) is 11.3 Å².